The predicted molar refractivity (Wildman–Crippen MR) is 107 cm³/mol. The first-order chi connectivity index (χ1) is 12.1. The van der Waals surface area contributed by atoms with Gasteiger partial charge in [-0.3, -0.25) is 4.79 Å². The first-order valence-electron chi connectivity index (χ1n) is 7.92. The summed E-state index contributed by atoms with van der Waals surface area (Å²) in [5, 5.41) is 4.06. The number of carbonyl (C=O) groups excluding carboxylic acids is 1. The number of anilines is 2. The van der Waals surface area contributed by atoms with Crippen LogP contribution in [0.4, 0.5) is 11.4 Å². The number of hydrogen-bond donors (Lipinski definition) is 1. The Morgan fingerprint density at radius 3 is 2.52 bits per heavy atom. The maximum Gasteiger partial charge on any atom is 0.262 e. The summed E-state index contributed by atoms with van der Waals surface area (Å²) in [6.07, 6.45) is 0. The Kier molecular flexibility index (Phi) is 6.34. The summed E-state index contributed by atoms with van der Waals surface area (Å²) in [5.74, 6) is 2.57. The molecule has 0 aromatic heterocycles. The van der Waals surface area contributed by atoms with Gasteiger partial charge in [0.25, 0.3) is 5.91 Å². The SMILES string of the molecule is O=C(COc1ccc(Cl)cc1)Nc1ccc(N2CCSCC2)c(Cl)c1. The molecule has 0 bridgehead atoms. The number of ether oxygens (including phenoxy) is 1. The Morgan fingerprint density at radius 2 is 1.84 bits per heavy atom. The van der Waals surface area contributed by atoms with Crippen molar-refractivity contribution in [2.75, 3.05) is 41.4 Å². The molecule has 0 unspecified atom stereocenters. The van der Waals surface area contributed by atoms with Crippen molar-refractivity contribution in [3.63, 3.8) is 0 Å². The van der Waals surface area contributed by atoms with Crippen molar-refractivity contribution in [1.29, 1.82) is 0 Å². The average molecular weight is 397 g/mol. The van der Waals surface area contributed by atoms with Gasteiger partial charge in [-0.05, 0) is 42.5 Å². The standard InChI is InChI=1S/C18H18Cl2N2O2S/c19-13-1-4-15(5-2-13)24-12-18(23)21-14-3-6-17(16(20)11-14)22-7-9-25-10-8-22/h1-6,11H,7-10,12H2,(H,21,23). The largest absolute Gasteiger partial charge is 0.484 e. The number of thioether (sulfide) groups is 1. The van der Waals surface area contributed by atoms with Gasteiger partial charge in [-0.2, -0.15) is 11.8 Å². The molecule has 0 spiro atoms. The Bertz CT molecular complexity index is 734. The molecule has 2 aromatic carbocycles. The predicted octanol–water partition coefficient (Wildman–Crippen LogP) is 4.56. The highest BCUT2D eigenvalue weighted by atomic mass is 35.5. The van der Waals surface area contributed by atoms with Crippen LogP contribution in [0.25, 0.3) is 0 Å². The number of hydrogen-bond acceptors (Lipinski definition) is 4. The Labute approximate surface area is 161 Å². The smallest absolute Gasteiger partial charge is 0.262 e. The highest BCUT2D eigenvalue weighted by Crippen LogP contribution is 2.30. The second-order valence-electron chi connectivity index (χ2n) is 5.56. The molecule has 0 radical (unpaired) electrons. The van der Waals surface area contributed by atoms with Crippen LogP contribution in [0.1, 0.15) is 0 Å². The number of amides is 1. The highest BCUT2D eigenvalue weighted by Gasteiger charge is 2.15. The first kappa shape index (κ1) is 18.2. The minimum Gasteiger partial charge on any atom is -0.484 e. The molecule has 1 aliphatic rings. The van der Waals surface area contributed by atoms with Crippen LogP contribution >= 0.6 is 35.0 Å². The lowest BCUT2D eigenvalue weighted by atomic mass is 10.2. The first-order valence-corrected chi connectivity index (χ1v) is 9.83. The van der Waals surface area contributed by atoms with Crippen molar-refractivity contribution in [2.24, 2.45) is 0 Å². The number of nitrogens with zero attached hydrogens (tertiary/aromatic N) is 1. The van der Waals surface area contributed by atoms with E-state index < -0.39 is 0 Å². The molecule has 1 aliphatic heterocycles. The van der Waals surface area contributed by atoms with Crippen molar-refractivity contribution in [3.05, 3.63) is 52.5 Å². The van der Waals surface area contributed by atoms with Crippen LogP contribution < -0.4 is 15.0 Å². The quantitative estimate of drug-likeness (QED) is 0.803. The van der Waals surface area contributed by atoms with Crippen LogP contribution in [-0.4, -0.2) is 37.1 Å². The van der Waals surface area contributed by atoms with Gasteiger partial charge in [0.05, 0.1) is 10.7 Å². The van der Waals surface area contributed by atoms with E-state index in [9.17, 15) is 4.79 Å². The molecule has 25 heavy (non-hydrogen) atoms. The third-order valence-corrected chi connectivity index (χ3v) is 5.26. The monoisotopic (exact) mass is 396 g/mol. The molecular weight excluding hydrogens is 379 g/mol. The van der Waals surface area contributed by atoms with Gasteiger partial charge in [-0.15, -0.1) is 0 Å². The molecule has 1 amide bonds. The van der Waals surface area contributed by atoms with Crippen molar-refractivity contribution >= 4 is 52.2 Å². The lowest BCUT2D eigenvalue weighted by molar-refractivity contribution is -0.118. The average Bonchev–Trinajstić information content (AvgIpc) is 2.62. The van der Waals surface area contributed by atoms with Gasteiger partial charge in [0.1, 0.15) is 5.75 Å². The van der Waals surface area contributed by atoms with Gasteiger partial charge in [-0.25, -0.2) is 0 Å². The zero-order valence-electron chi connectivity index (χ0n) is 13.5. The van der Waals surface area contributed by atoms with Crippen LogP contribution in [0.3, 0.4) is 0 Å². The summed E-state index contributed by atoms with van der Waals surface area (Å²) in [7, 11) is 0. The fraction of sp³-hybridized carbons (Fsp3) is 0.278. The minimum absolute atomic E-state index is 0.0790. The maximum absolute atomic E-state index is 12.0. The lowest BCUT2D eigenvalue weighted by Gasteiger charge is -2.29. The van der Waals surface area contributed by atoms with E-state index in [1.54, 1.807) is 30.3 Å². The third-order valence-electron chi connectivity index (χ3n) is 3.77. The number of halogens is 2. The summed E-state index contributed by atoms with van der Waals surface area (Å²) in [6, 6.07) is 12.5. The molecule has 7 heteroatoms. The van der Waals surface area contributed by atoms with Gasteiger partial charge in [-0.1, -0.05) is 23.2 Å². The van der Waals surface area contributed by atoms with E-state index in [-0.39, 0.29) is 12.5 Å². The Hall–Kier alpha value is -1.56. The van der Waals surface area contributed by atoms with E-state index >= 15 is 0 Å². The number of benzene rings is 2. The number of rotatable bonds is 5. The summed E-state index contributed by atoms with van der Waals surface area (Å²) in [5.41, 5.74) is 1.67. The summed E-state index contributed by atoms with van der Waals surface area (Å²) >= 11 is 14.2. The van der Waals surface area contributed by atoms with E-state index in [4.69, 9.17) is 27.9 Å². The summed E-state index contributed by atoms with van der Waals surface area (Å²) in [6.45, 7) is 1.90. The van der Waals surface area contributed by atoms with Gasteiger partial charge in [0, 0.05) is 35.3 Å². The molecular formula is C18H18Cl2N2O2S. The van der Waals surface area contributed by atoms with Gasteiger partial charge < -0.3 is 15.0 Å². The second kappa shape index (κ2) is 8.70. The fourth-order valence-corrected chi connectivity index (χ4v) is 3.85. The summed E-state index contributed by atoms with van der Waals surface area (Å²) in [4.78, 5) is 14.3. The minimum atomic E-state index is -0.242. The molecule has 3 rings (SSSR count). The van der Waals surface area contributed by atoms with Gasteiger partial charge >= 0.3 is 0 Å². The van der Waals surface area contributed by atoms with Crippen molar-refractivity contribution in [3.8, 4) is 5.75 Å². The number of nitrogens with one attached hydrogen (secondary N) is 1. The third kappa shape index (κ3) is 5.21. The molecule has 0 aliphatic carbocycles. The highest BCUT2D eigenvalue weighted by molar-refractivity contribution is 7.99. The van der Waals surface area contributed by atoms with E-state index in [1.807, 2.05) is 23.9 Å². The molecule has 2 aromatic rings. The van der Waals surface area contributed by atoms with Crippen LogP contribution in [0, 0.1) is 0 Å². The molecule has 1 heterocycles. The molecule has 4 nitrogen and oxygen atoms in total. The van der Waals surface area contributed by atoms with Crippen molar-refractivity contribution < 1.29 is 9.53 Å². The van der Waals surface area contributed by atoms with Crippen molar-refractivity contribution in [2.45, 2.75) is 0 Å². The normalized spacial score (nSPS) is 14.2. The van der Waals surface area contributed by atoms with Gasteiger partial charge in [0.15, 0.2) is 6.61 Å². The molecule has 1 saturated heterocycles. The topological polar surface area (TPSA) is 41.6 Å². The molecule has 1 N–H and O–H groups in total. The number of carbonyl (C=O) groups is 1. The van der Waals surface area contributed by atoms with E-state index in [0.717, 1.165) is 30.3 Å². The zero-order chi connectivity index (χ0) is 17.6. The van der Waals surface area contributed by atoms with E-state index in [0.29, 0.717) is 21.5 Å². The Balaban J connectivity index is 1.55. The van der Waals surface area contributed by atoms with Gasteiger partial charge in [0.2, 0.25) is 0 Å². The van der Waals surface area contributed by atoms with Crippen LogP contribution in [0.15, 0.2) is 42.5 Å². The maximum atomic E-state index is 12.0. The molecule has 0 saturated carbocycles. The second-order valence-corrected chi connectivity index (χ2v) is 7.62. The van der Waals surface area contributed by atoms with Crippen LogP contribution in [0.5, 0.6) is 5.75 Å². The van der Waals surface area contributed by atoms with E-state index in [1.165, 1.54) is 0 Å². The van der Waals surface area contributed by atoms with Crippen LogP contribution in [0.2, 0.25) is 10.0 Å². The van der Waals surface area contributed by atoms with E-state index in [2.05, 4.69) is 10.2 Å². The Morgan fingerprint density at radius 1 is 1.12 bits per heavy atom. The molecule has 1 fully saturated rings. The zero-order valence-corrected chi connectivity index (χ0v) is 15.8. The summed E-state index contributed by atoms with van der Waals surface area (Å²) < 4.78 is 5.43. The van der Waals surface area contributed by atoms with Crippen LogP contribution in [-0.2, 0) is 4.79 Å². The van der Waals surface area contributed by atoms with Crippen molar-refractivity contribution in [1.82, 2.24) is 0 Å². The molecule has 0 atom stereocenters. The molecule has 132 valence electrons. The lowest BCUT2D eigenvalue weighted by Crippen LogP contribution is -2.32. The fourth-order valence-electron chi connectivity index (χ4n) is 2.52.